The fourth-order valence-corrected chi connectivity index (χ4v) is 7.06. The number of hydrogen-bond donors (Lipinski definition) is 6. The molecule has 3 heterocycles. The number of aromatic hydroxyl groups is 3. The molecule has 6 N–H and O–H groups in total. The van der Waals surface area contributed by atoms with Crippen LogP contribution in [0.1, 0.15) is 22.0 Å². The number of aliphatic carboxylic acids is 1. The molecule has 5 amide bonds. The lowest BCUT2D eigenvalue weighted by atomic mass is 9.96. The number of carboxylic acids is 1. The lowest BCUT2D eigenvalue weighted by molar-refractivity contribution is -0.193. The molecule has 274 valence electrons. The number of β-lactam (4-membered cyclic amide) rings is 1. The zero-order chi connectivity index (χ0) is 38.2. The van der Waals surface area contributed by atoms with E-state index in [-0.39, 0.29) is 32.4 Å². The number of methoxy groups -OCH3 is 1. The zero-order valence-electron chi connectivity index (χ0n) is 26.0. The van der Waals surface area contributed by atoms with Gasteiger partial charge in [-0.25, -0.2) is 9.59 Å². The van der Waals surface area contributed by atoms with Gasteiger partial charge in [-0.3, -0.25) is 28.9 Å². The van der Waals surface area contributed by atoms with Crippen molar-refractivity contribution in [3.8, 4) is 17.2 Å². The van der Waals surface area contributed by atoms with E-state index in [2.05, 4.69) is 10.6 Å². The van der Waals surface area contributed by atoms with E-state index in [1.807, 2.05) is 0 Å². The van der Waals surface area contributed by atoms with Gasteiger partial charge in [-0.2, -0.15) is 4.42 Å². The summed E-state index contributed by atoms with van der Waals surface area (Å²) in [6.07, 6.45) is -0.728. The number of carbonyl (C=O) groups excluding carboxylic acids is 5. The lowest BCUT2D eigenvalue weighted by Crippen LogP contribution is -2.81. The highest BCUT2D eigenvalue weighted by Crippen LogP contribution is 2.47. The number of halogens is 3. The van der Waals surface area contributed by atoms with Crippen LogP contribution in [0.15, 0.2) is 63.1 Å². The second kappa shape index (κ2) is 14.8. The van der Waals surface area contributed by atoms with Crippen molar-refractivity contribution in [2.75, 3.05) is 19.5 Å². The Morgan fingerprint density at radius 1 is 1.10 bits per heavy atom. The summed E-state index contributed by atoms with van der Waals surface area (Å²) in [5.41, 5.74) is -4.81. The second-order valence-corrected chi connectivity index (χ2v) is 13.3. The van der Waals surface area contributed by atoms with E-state index in [1.165, 1.54) is 24.3 Å². The van der Waals surface area contributed by atoms with Crippen LogP contribution in [-0.4, -0.2) is 101 Å². The summed E-state index contributed by atoms with van der Waals surface area (Å²) in [4.78, 5) is 89.6. The van der Waals surface area contributed by atoms with Gasteiger partial charge < -0.3 is 45.0 Å². The fraction of sp³-hybridized carbons (Fsp3) is 0.233. The zero-order valence-corrected chi connectivity index (χ0v) is 29.1. The third-order valence-electron chi connectivity index (χ3n) is 7.76. The molecule has 0 bridgehead atoms. The SMILES string of the molecule is CO[C@@]1(NC(=O)C(NC(=O)c2coc3c(O)c(O)ccc3c2=O)c2ccc(O)cc2)C(=O)N2C(C(=O)O)=C(COC(=O)N(Cl)C(=O)C(Cl)Cl)CS[C@H]21. The number of rotatable bonds is 10. The third-order valence-corrected chi connectivity index (χ3v) is 9.81. The van der Waals surface area contributed by atoms with E-state index < -0.39 is 98.0 Å². The molecular weight excluding hydrogens is 779 g/mol. The molecule has 3 atom stereocenters. The van der Waals surface area contributed by atoms with Crippen LogP contribution in [-0.2, 0) is 28.7 Å². The summed E-state index contributed by atoms with van der Waals surface area (Å²) < 4.78 is 15.6. The molecule has 0 saturated carbocycles. The number of amides is 5. The Hall–Kier alpha value is -5.21. The average Bonchev–Trinajstić information content (AvgIpc) is 3.12. The summed E-state index contributed by atoms with van der Waals surface area (Å²) in [6, 6.07) is 5.36. The van der Waals surface area contributed by atoms with Crippen molar-refractivity contribution in [3.63, 3.8) is 0 Å². The number of fused-ring (bicyclic) bond motifs is 2. The van der Waals surface area contributed by atoms with Gasteiger partial charge in [0.25, 0.3) is 23.4 Å². The number of hydrogen-bond acceptors (Lipinski definition) is 14. The predicted octanol–water partition coefficient (Wildman–Crippen LogP) is 2.02. The van der Waals surface area contributed by atoms with Crippen molar-refractivity contribution in [3.05, 3.63) is 75.3 Å². The van der Waals surface area contributed by atoms with E-state index in [0.29, 0.717) is 6.26 Å². The molecule has 1 saturated heterocycles. The minimum absolute atomic E-state index is 0.0445. The van der Waals surface area contributed by atoms with Gasteiger partial charge in [-0.15, -0.1) is 11.8 Å². The molecule has 22 heteroatoms. The van der Waals surface area contributed by atoms with Crippen LogP contribution in [0.3, 0.4) is 0 Å². The van der Waals surface area contributed by atoms with Crippen LogP contribution in [0.2, 0.25) is 0 Å². The van der Waals surface area contributed by atoms with Crippen LogP contribution in [0.25, 0.3) is 11.0 Å². The van der Waals surface area contributed by atoms with E-state index in [9.17, 15) is 54.0 Å². The van der Waals surface area contributed by atoms with Crippen molar-refractivity contribution in [1.29, 1.82) is 0 Å². The minimum Gasteiger partial charge on any atom is -0.508 e. The number of alkyl halides is 2. The molecule has 1 fully saturated rings. The monoisotopic (exact) mass is 800 g/mol. The summed E-state index contributed by atoms with van der Waals surface area (Å²) in [5, 5.41) is 42.9. The quantitative estimate of drug-likeness (QED) is 0.0563. The van der Waals surface area contributed by atoms with E-state index in [1.54, 1.807) is 0 Å². The molecule has 2 aromatic carbocycles. The smallest absolute Gasteiger partial charge is 0.432 e. The number of phenols is 3. The highest BCUT2D eigenvalue weighted by molar-refractivity contribution is 8.00. The number of phenolic OH excluding ortho intramolecular Hbond substituents is 3. The molecule has 52 heavy (non-hydrogen) atoms. The molecule has 0 radical (unpaired) electrons. The summed E-state index contributed by atoms with van der Waals surface area (Å²) in [5.74, 6) is -7.87. The molecule has 2 aliphatic rings. The lowest BCUT2D eigenvalue weighted by Gasteiger charge is -2.56. The summed E-state index contributed by atoms with van der Waals surface area (Å²) in [6.45, 7) is -0.736. The largest absolute Gasteiger partial charge is 0.508 e. The van der Waals surface area contributed by atoms with Gasteiger partial charge in [-0.05, 0) is 29.8 Å². The van der Waals surface area contributed by atoms with Gasteiger partial charge in [-0.1, -0.05) is 35.3 Å². The molecule has 1 aromatic heterocycles. The Bertz CT molecular complexity index is 2110. The van der Waals surface area contributed by atoms with E-state index >= 15 is 0 Å². The van der Waals surface area contributed by atoms with Crippen molar-refractivity contribution in [2.24, 2.45) is 0 Å². The highest BCUT2D eigenvalue weighted by Gasteiger charge is 2.67. The Balaban J connectivity index is 1.41. The van der Waals surface area contributed by atoms with Crippen LogP contribution in [0, 0.1) is 0 Å². The second-order valence-electron chi connectivity index (χ2n) is 10.8. The van der Waals surface area contributed by atoms with Crippen molar-refractivity contribution in [1.82, 2.24) is 20.0 Å². The first-order chi connectivity index (χ1) is 24.5. The van der Waals surface area contributed by atoms with Crippen molar-refractivity contribution in [2.45, 2.75) is 22.0 Å². The molecule has 0 spiro atoms. The van der Waals surface area contributed by atoms with Crippen LogP contribution in [0.5, 0.6) is 17.2 Å². The minimum atomic E-state index is -2.21. The normalized spacial score (nSPS) is 18.7. The number of nitrogens with zero attached hydrogens (tertiary/aromatic N) is 2. The number of thioether (sulfide) groups is 1. The molecule has 3 aromatic rings. The van der Waals surface area contributed by atoms with Crippen LogP contribution in [0.4, 0.5) is 4.79 Å². The standard InChI is InChI=1S/C30H23Cl3N4O14S/c1-49-30(27(47)36-18(26(45)46)12(10-52-28(30)36)8-51-29(48)37(33)25(44)22(31)32)35-24(43)17(11-2-4-13(38)5-3-11)34-23(42)15-9-50-21-14(19(15)40)6-7-16(39)20(21)41/h2-7,9,17,22,28,38-39,41H,8,10H2,1H3,(H,34,42)(H,35,43)(H,45,46)/t17?,28-,30-/m0/s1. The topological polar surface area (TPSA) is 263 Å². The number of carbonyl (C=O) groups is 6. The number of benzene rings is 2. The molecule has 2 aliphatic heterocycles. The molecular formula is C30H23Cl3N4O14S. The van der Waals surface area contributed by atoms with Crippen LogP contribution >= 0.6 is 46.7 Å². The highest BCUT2D eigenvalue weighted by atomic mass is 35.5. The van der Waals surface area contributed by atoms with Crippen molar-refractivity contribution < 1.29 is 63.1 Å². The molecule has 1 unspecified atom stereocenters. The molecule has 5 rings (SSSR count). The van der Waals surface area contributed by atoms with Gasteiger partial charge >= 0.3 is 12.1 Å². The first-order valence-electron chi connectivity index (χ1n) is 14.3. The van der Waals surface area contributed by atoms with Gasteiger partial charge in [0.15, 0.2) is 16.2 Å². The number of carboxylic acid groups (broad SMARTS) is 1. The predicted molar refractivity (Wildman–Crippen MR) is 179 cm³/mol. The molecule has 0 aliphatic carbocycles. The number of nitrogens with one attached hydrogen (secondary N) is 2. The average molecular weight is 802 g/mol. The Morgan fingerprint density at radius 3 is 2.38 bits per heavy atom. The first kappa shape index (κ1) is 38.0. The summed E-state index contributed by atoms with van der Waals surface area (Å²) >= 11 is 17.3. The number of imide groups is 1. The Morgan fingerprint density at radius 2 is 1.77 bits per heavy atom. The van der Waals surface area contributed by atoms with E-state index in [4.69, 9.17) is 48.9 Å². The van der Waals surface area contributed by atoms with Gasteiger partial charge in [0.05, 0.1) is 5.39 Å². The maximum atomic E-state index is 13.9. The van der Waals surface area contributed by atoms with E-state index in [0.717, 1.165) is 35.9 Å². The third kappa shape index (κ3) is 6.75. The fourth-order valence-electron chi connectivity index (χ4n) is 5.20. The Kier molecular flexibility index (Phi) is 10.8. The maximum absolute atomic E-state index is 13.9. The molecule has 18 nitrogen and oxygen atoms in total. The van der Waals surface area contributed by atoms with Gasteiger partial charge in [0, 0.05) is 30.2 Å². The van der Waals surface area contributed by atoms with Crippen LogP contribution < -0.4 is 16.1 Å². The Labute approximate surface area is 309 Å². The maximum Gasteiger partial charge on any atom is 0.432 e. The van der Waals surface area contributed by atoms with Gasteiger partial charge in [0.2, 0.25) is 17.1 Å². The number of ether oxygens (including phenoxy) is 2. The van der Waals surface area contributed by atoms with Crippen molar-refractivity contribution >= 4 is 93.4 Å². The summed E-state index contributed by atoms with van der Waals surface area (Å²) in [7, 11) is 1.06. The first-order valence-corrected chi connectivity index (χ1v) is 16.6. The van der Waals surface area contributed by atoms with Gasteiger partial charge in [0.1, 0.15) is 41.3 Å².